The van der Waals surface area contributed by atoms with Crippen LogP contribution in [-0.4, -0.2) is 34.6 Å². The maximum atomic E-state index is 4.51. The van der Waals surface area contributed by atoms with Crippen molar-refractivity contribution in [1.82, 2.24) is 9.97 Å². The van der Waals surface area contributed by atoms with Gasteiger partial charge in [0.05, 0.1) is 0 Å². The molecule has 0 bridgehead atoms. The monoisotopic (exact) mass is 252 g/mol. The average Bonchev–Trinajstić information content (AvgIpc) is 2.34. The van der Waals surface area contributed by atoms with E-state index in [-0.39, 0.29) is 0 Å². The molecule has 1 aromatic rings. The molecule has 2 rings (SSSR count). The molecular formula is C12H20N4S. The smallest absolute Gasteiger partial charge is 0.134 e. The van der Waals surface area contributed by atoms with Gasteiger partial charge < -0.3 is 10.6 Å². The molecule has 0 atom stereocenters. The predicted molar refractivity (Wildman–Crippen MR) is 75.0 cm³/mol. The summed E-state index contributed by atoms with van der Waals surface area (Å²) in [5, 5.41) is 6.68. The average molecular weight is 252 g/mol. The first-order valence-electron chi connectivity index (χ1n) is 6.08. The van der Waals surface area contributed by atoms with Gasteiger partial charge in [-0.25, -0.2) is 9.97 Å². The van der Waals surface area contributed by atoms with Crippen LogP contribution in [0.25, 0.3) is 0 Å². The number of aryl methyl sites for hydroxylation is 1. The Balaban J connectivity index is 2.16. The number of hydrogen-bond acceptors (Lipinski definition) is 5. The molecule has 1 aromatic heterocycles. The van der Waals surface area contributed by atoms with Crippen LogP contribution in [0.2, 0.25) is 0 Å². The normalized spacial score (nSPS) is 16.9. The molecule has 17 heavy (non-hydrogen) atoms. The fourth-order valence-corrected chi connectivity index (χ4v) is 3.15. The van der Waals surface area contributed by atoms with Crippen LogP contribution in [0.1, 0.15) is 24.2 Å². The maximum absolute atomic E-state index is 4.51. The Morgan fingerprint density at radius 1 is 1.12 bits per heavy atom. The van der Waals surface area contributed by atoms with Crippen molar-refractivity contribution in [2.24, 2.45) is 0 Å². The van der Waals surface area contributed by atoms with E-state index in [0.29, 0.717) is 6.04 Å². The van der Waals surface area contributed by atoms with E-state index in [1.807, 2.05) is 25.7 Å². The molecule has 1 aliphatic rings. The molecule has 1 saturated heterocycles. The van der Waals surface area contributed by atoms with Gasteiger partial charge in [0.2, 0.25) is 0 Å². The van der Waals surface area contributed by atoms with Gasteiger partial charge in [-0.2, -0.15) is 11.8 Å². The highest BCUT2D eigenvalue weighted by molar-refractivity contribution is 7.99. The molecule has 0 aliphatic carbocycles. The van der Waals surface area contributed by atoms with Crippen molar-refractivity contribution in [3.05, 3.63) is 11.4 Å². The lowest BCUT2D eigenvalue weighted by molar-refractivity contribution is 0.662. The zero-order valence-electron chi connectivity index (χ0n) is 10.7. The summed E-state index contributed by atoms with van der Waals surface area (Å²) in [4.78, 5) is 8.89. The third-order valence-electron chi connectivity index (χ3n) is 3.06. The van der Waals surface area contributed by atoms with Crippen LogP contribution < -0.4 is 10.6 Å². The van der Waals surface area contributed by atoms with Crippen molar-refractivity contribution in [2.75, 3.05) is 29.2 Å². The summed E-state index contributed by atoms with van der Waals surface area (Å²) in [5.41, 5.74) is 1.11. The Hall–Kier alpha value is -0.970. The minimum absolute atomic E-state index is 0.564. The van der Waals surface area contributed by atoms with Gasteiger partial charge in [0.15, 0.2) is 0 Å². The summed E-state index contributed by atoms with van der Waals surface area (Å²) in [5.74, 6) is 5.22. The predicted octanol–water partition coefficient (Wildman–Crippen LogP) is 2.44. The molecule has 0 amide bonds. The molecule has 0 radical (unpaired) electrons. The first kappa shape index (κ1) is 12.5. The highest BCUT2D eigenvalue weighted by Crippen LogP contribution is 2.24. The summed E-state index contributed by atoms with van der Waals surface area (Å²) in [6.45, 7) is 3.99. The molecule has 4 nitrogen and oxygen atoms in total. The number of aromatic nitrogens is 2. The number of anilines is 2. The minimum atomic E-state index is 0.564. The largest absolute Gasteiger partial charge is 0.373 e. The van der Waals surface area contributed by atoms with E-state index >= 15 is 0 Å². The second kappa shape index (κ2) is 5.58. The molecule has 2 heterocycles. The van der Waals surface area contributed by atoms with E-state index < -0.39 is 0 Å². The Morgan fingerprint density at radius 3 is 2.41 bits per heavy atom. The molecule has 1 fully saturated rings. The van der Waals surface area contributed by atoms with Gasteiger partial charge in [-0.15, -0.1) is 0 Å². The molecule has 0 unspecified atom stereocenters. The van der Waals surface area contributed by atoms with Gasteiger partial charge in [-0.05, 0) is 38.2 Å². The zero-order valence-corrected chi connectivity index (χ0v) is 11.5. The number of hydrogen-bond donors (Lipinski definition) is 2. The summed E-state index contributed by atoms with van der Waals surface area (Å²) < 4.78 is 0. The fourth-order valence-electron chi connectivity index (χ4n) is 2.05. The lowest BCUT2D eigenvalue weighted by Crippen LogP contribution is -2.25. The van der Waals surface area contributed by atoms with Crippen molar-refractivity contribution >= 4 is 23.4 Å². The van der Waals surface area contributed by atoms with Gasteiger partial charge in [0, 0.05) is 18.7 Å². The Morgan fingerprint density at radius 2 is 1.76 bits per heavy atom. The Kier molecular flexibility index (Phi) is 4.10. The van der Waals surface area contributed by atoms with Crippen LogP contribution in [-0.2, 0) is 0 Å². The second-order valence-electron chi connectivity index (χ2n) is 4.37. The summed E-state index contributed by atoms with van der Waals surface area (Å²) in [6, 6.07) is 0.564. The topological polar surface area (TPSA) is 49.8 Å². The summed E-state index contributed by atoms with van der Waals surface area (Å²) in [6.07, 6.45) is 2.45. The highest BCUT2D eigenvalue weighted by atomic mass is 32.2. The standard InChI is InChI=1S/C12H20N4S/c1-8-11(13-3)14-9(2)15-12(8)16-10-4-6-17-7-5-10/h10H,4-7H2,1-3H3,(H2,13,14,15,16). The highest BCUT2D eigenvalue weighted by Gasteiger charge is 2.16. The van der Waals surface area contributed by atoms with Crippen molar-refractivity contribution in [2.45, 2.75) is 32.7 Å². The summed E-state index contributed by atoms with van der Waals surface area (Å²) in [7, 11) is 1.90. The van der Waals surface area contributed by atoms with Crippen LogP contribution in [0.3, 0.4) is 0 Å². The van der Waals surface area contributed by atoms with Gasteiger partial charge in [-0.1, -0.05) is 0 Å². The van der Waals surface area contributed by atoms with Crippen LogP contribution in [0.5, 0.6) is 0 Å². The summed E-state index contributed by atoms with van der Waals surface area (Å²) >= 11 is 2.04. The van der Waals surface area contributed by atoms with Crippen LogP contribution in [0.15, 0.2) is 0 Å². The SMILES string of the molecule is CNc1nc(C)nc(NC2CCSCC2)c1C. The first-order valence-corrected chi connectivity index (χ1v) is 7.23. The molecule has 94 valence electrons. The quantitative estimate of drug-likeness (QED) is 0.865. The lowest BCUT2D eigenvalue weighted by Gasteiger charge is -2.24. The van der Waals surface area contributed by atoms with E-state index in [4.69, 9.17) is 0 Å². The van der Waals surface area contributed by atoms with E-state index in [9.17, 15) is 0 Å². The van der Waals surface area contributed by atoms with E-state index in [1.54, 1.807) is 0 Å². The van der Waals surface area contributed by atoms with E-state index in [2.05, 4.69) is 27.5 Å². The first-order chi connectivity index (χ1) is 8.20. The van der Waals surface area contributed by atoms with Crippen molar-refractivity contribution < 1.29 is 0 Å². The zero-order chi connectivity index (χ0) is 12.3. The molecule has 0 aromatic carbocycles. The maximum Gasteiger partial charge on any atom is 0.134 e. The van der Waals surface area contributed by atoms with Gasteiger partial charge in [0.25, 0.3) is 0 Å². The van der Waals surface area contributed by atoms with Gasteiger partial charge in [0.1, 0.15) is 17.5 Å². The third kappa shape index (κ3) is 3.03. The molecule has 0 saturated carbocycles. The Bertz CT molecular complexity index is 388. The third-order valence-corrected chi connectivity index (χ3v) is 4.11. The van der Waals surface area contributed by atoms with Crippen molar-refractivity contribution in [1.29, 1.82) is 0 Å². The van der Waals surface area contributed by atoms with Crippen LogP contribution >= 0.6 is 11.8 Å². The van der Waals surface area contributed by atoms with E-state index in [0.717, 1.165) is 23.0 Å². The number of nitrogens with one attached hydrogen (secondary N) is 2. The van der Waals surface area contributed by atoms with Crippen LogP contribution in [0, 0.1) is 13.8 Å². The van der Waals surface area contributed by atoms with Crippen molar-refractivity contribution in [3.8, 4) is 0 Å². The molecule has 0 spiro atoms. The number of nitrogens with zero attached hydrogens (tertiary/aromatic N) is 2. The van der Waals surface area contributed by atoms with Crippen LogP contribution in [0.4, 0.5) is 11.6 Å². The molecular weight excluding hydrogens is 232 g/mol. The van der Waals surface area contributed by atoms with Gasteiger partial charge >= 0.3 is 0 Å². The second-order valence-corrected chi connectivity index (χ2v) is 5.60. The molecule has 5 heteroatoms. The fraction of sp³-hybridized carbons (Fsp3) is 0.667. The number of rotatable bonds is 3. The van der Waals surface area contributed by atoms with Crippen molar-refractivity contribution in [3.63, 3.8) is 0 Å². The molecule has 1 aliphatic heterocycles. The number of thioether (sulfide) groups is 1. The lowest BCUT2D eigenvalue weighted by atomic mass is 10.1. The Labute approximate surface area is 107 Å². The minimum Gasteiger partial charge on any atom is -0.373 e. The molecule has 2 N–H and O–H groups in total. The van der Waals surface area contributed by atoms with Gasteiger partial charge in [-0.3, -0.25) is 0 Å². The van der Waals surface area contributed by atoms with E-state index in [1.165, 1.54) is 24.3 Å².